The molecule has 0 heterocycles. The fraction of sp³-hybridized carbons (Fsp3) is 0.333. The van der Waals surface area contributed by atoms with Crippen LogP contribution in [0.1, 0.15) is 25.8 Å². The molecule has 0 nitrogen and oxygen atoms in total. The van der Waals surface area contributed by atoms with Crippen molar-refractivity contribution in [2.45, 2.75) is 31.3 Å². The molecule has 0 bridgehead atoms. The summed E-state index contributed by atoms with van der Waals surface area (Å²) in [5.41, 5.74) is 2.81. The van der Waals surface area contributed by atoms with Gasteiger partial charge in [-0.3, -0.25) is 0 Å². The van der Waals surface area contributed by atoms with E-state index in [-0.39, 0.29) is 0 Å². The van der Waals surface area contributed by atoms with E-state index in [2.05, 4.69) is 56.6 Å². The summed E-state index contributed by atoms with van der Waals surface area (Å²) in [4.78, 5) is 0. The third kappa shape index (κ3) is 4.75. The summed E-state index contributed by atoms with van der Waals surface area (Å²) in [6.07, 6.45) is 2.98. The van der Waals surface area contributed by atoms with Gasteiger partial charge in [0.05, 0.1) is 0 Å². The fourth-order valence-corrected chi connectivity index (χ4v) is 5.18. The van der Waals surface area contributed by atoms with Crippen LogP contribution >= 0.6 is 11.8 Å². The van der Waals surface area contributed by atoms with Crippen molar-refractivity contribution in [3.05, 3.63) is 52.4 Å². The summed E-state index contributed by atoms with van der Waals surface area (Å²) < 4.78 is 1.55. The monoisotopic (exact) mass is 312 g/mol. The molecule has 0 saturated carbocycles. The Kier molecular flexibility index (Phi) is 6.72. The van der Waals surface area contributed by atoms with Crippen LogP contribution in [-0.2, 0) is 0 Å². The molecule has 0 unspecified atom stereocenters. The first-order valence-corrected chi connectivity index (χ1v) is 9.24. The molecule has 2 heteroatoms. The summed E-state index contributed by atoms with van der Waals surface area (Å²) in [7, 11) is 0. The van der Waals surface area contributed by atoms with E-state index in [1.54, 1.807) is 3.80 Å². The van der Waals surface area contributed by atoms with Gasteiger partial charge >= 0.3 is 116 Å². The van der Waals surface area contributed by atoms with Gasteiger partial charge in [0.25, 0.3) is 0 Å². The summed E-state index contributed by atoms with van der Waals surface area (Å²) in [6, 6.07) is 10.7. The number of thioether (sulfide) groups is 1. The van der Waals surface area contributed by atoms with E-state index in [0.29, 0.717) is 20.2 Å². The van der Waals surface area contributed by atoms with Gasteiger partial charge in [0.2, 0.25) is 0 Å². The van der Waals surface area contributed by atoms with Crippen LogP contribution in [0.15, 0.2) is 46.8 Å². The Morgan fingerprint density at radius 2 is 2.00 bits per heavy atom. The van der Waals surface area contributed by atoms with Crippen LogP contribution < -0.4 is 0 Å². The van der Waals surface area contributed by atoms with Gasteiger partial charge < -0.3 is 0 Å². The Morgan fingerprint density at radius 1 is 1.35 bits per heavy atom. The summed E-state index contributed by atoms with van der Waals surface area (Å²) in [5.74, 6) is 2.30. The zero-order chi connectivity index (χ0) is 12.7. The third-order valence-corrected chi connectivity index (χ3v) is 5.94. The van der Waals surface area contributed by atoms with Crippen LogP contribution in [0.4, 0.5) is 0 Å². The first-order valence-electron chi connectivity index (χ1n) is 5.79. The average molecular weight is 311 g/mol. The second-order valence-electron chi connectivity index (χ2n) is 4.00. The van der Waals surface area contributed by atoms with Gasteiger partial charge in [0.15, 0.2) is 0 Å². The Bertz CT molecular complexity index is 379. The molecule has 1 rings (SSSR count). The first kappa shape index (κ1) is 14.6. The maximum atomic E-state index is 3.89. The Labute approximate surface area is 116 Å². The van der Waals surface area contributed by atoms with Gasteiger partial charge in [-0.15, -0.1) is 0 Å². The SMILES string of the molecule is C=CC/C(=C(\SC(C)C)[Se]C)c1ccccc1. The molecule has 92 valence electrons. The van der Waals surface area contributed by atoms with Crippen LogP contribution in [0.2, 0.25) is 5.82 Å². The van der Waals surface area contributed by atoms with E-state index >= 15 is 0 Å². The van der Waals surface area contributed by atoms with E-state index in [0.717, 1.165) is 6.42 Å². The van der Waals surface area contributed by atoms with Crippen LogP contribution in [0.5, 0.6) is 0 Å². The van der Waals surface area contributed by atoms with E-state index in [4.69, 9.17) is 0 Å². The van der Waals surface area contributed by atoms with E-state index in [9.17, 15) is 0 Å². The zero-order valence-electron chi connectivity index (χ0n) is 10.8. The molecule has 0 N–H and O–H groups in total. The van der Waals surface area contributed by atoms with Crippen molar-refractivity contribution in [3.8, 4) is 0 Å². The third-order valence-electron chi connectivity index (χ3n) is 2.25. The molecule has 0 spiro atoms. The predicted molar refractivity (Wildman–Crippen MR) is 82.5 cm³/mol. The number of hydrogen-bond acceptors (Lipinski definition) is 1. The minimum absolute atomic E-state index is 0.545. The molecule has 0 atom stereocenters. The fourth-order valence-electron chi connectivity index (χ4n) is 1.56. The van der Waals surface area contributed by atoms with E-state index < -0.39 is 0 Å². The first-order chi connectivity index (χ1) is 8.19. The molecule has 17 heavy (non-hydrogen) atoms. The Morgan fingerprint density at radius 3 is 2.47 bits per heavy atom. The second kappa shape index (κ2) is 7.81. The van der Waals surface area contributed by atoms with Crippen molar-refractivity contribution in [1.82, 2.24) is 0 Å². The molecule has 1 aromatic rings. The molecule has 0 fully saturated rings. The summed E-state index contributed by atoms with van der Waals surface area (Å²) in [6.45, 7) is 8.40. The topological polar surface area (TPSA) is 0 Å². The van der Waals surface area contributed by atoms with Gasteiger partial charge in [-0.1, -0.05) is 0 Å². The van der Waals surface area contributed by atoms with Crippen molar-refractivity contribution in [2.75, 3.05) is 0 Å². The van der Waals surface area contributed by atoms with E-state index in [1.807, 2.05) is 17.8 Å². The van der Waals surface area contributed by atoms with Gasteiger partial charge in [0, 0.05) is 0 Å². The van der Waals surface area contributed by atoms with Crippen molar-refractivity contribution >= 4 is 32.3 Å². The van der Waals surface area contributed by atoms with Crippen molar-refractivity contribution < 1.29 is 0 Å². The van der Waals surface area contributed by atoms with Crippen molar-refractivity contribution in [2.24, 2.45) is 0 Å². The van der Waals surface area contributed by atoms with Crippen LogP contribution in [0, 0.1) is 0 Å². The van der Waals surface area contributed by atoms with Gasteiger partial charge in [-0.25, -0.2) is 0 Å². The normalized spacial score (nSPS) is 12.5. The molecule has 0 aliphatic rings. The Hall–Kier alpha value is -0.431. The average Bonchev–Trinajstić information content (AvgIpc) is 2.34. The molecule has 0 amide bonds. The van der Waals surface area contributed by atoms with Gasteiger partial charge in [0.1, 0.15) is 0 Å². The summed E-state index contributed by atoms with van der Waals surface area (Å²) >= 11 is 2.55. The minimum atomic E-state index is 0.545. The van der Waals surface area contributed by atoms with Crippen molar-refractivity contribution in [3.63, 3.8) is 0 Å². The second-order valence-corrected chi connectivity index (χ2v) is 7.88. The number of rotatable bonds is 6. The van der Waals surface area contributed by atoms with Gasteiger partial charge in [-0.05, 0) is 0 Å². The van der Waals surface area contributed by atoms with Crippen LogP contribution in [-0.4, -0.2) is 20.2 Å². The molecule has 0 radical (unpaired) electrons. The predicted octanol–water partition coefficient (Wildman–Crippen LogP) is 4.83. The van der Waals surface area contributed by atoms with Crippen LogP contribution in [0.25, 0.3) is 5.57 Å². The molecule has 0 aromatic heterocycles. The molecule has 0 aliphatic heterocycles. The quantitative estimate of drug-likeness (QED) is 0.536. The molecular weight excluding hydrogens is 291 g/mol. The number of hydrogen-bond donors (Lipinski definition) is 0. The van der Waals surface area contributed by atoms with Gasteiger partial charge in [-0.2, -0.15) is 0 Å². The standard InChI is InChI=1S/C15H20SSe/c1-5-9-14(13-10-7-6-8-11-13)15(17-4)16-12(2)3/h5-8,10-12H,1,9H2,2-4H3/b15-14-. The molecule has 0 saturated heterocycles. The van der Waals surface area contributed by atoms with Crippen molar-refractivity contribution in [1.29, 1.82) is 0 Å². The van der Waals surface area contributed by atoms with Crippen LogP contribution in [0.3, 0.4) is 0 Å². The number of allylic oxidation sites excluding steroid dienone is 2. The zero-order valence-corrected chi connectivity index (χ0v) is 13.3. The summed E-state index contributed by atoms with van der Waals surface area (Å²) in [5, 5.41) is 0.648. The Balaban J connectivity index is 3.12. The number of benzene rings is 1. The molecule has 0 aliphatic carbocycles. The molecular formula is C15H20SSe. The van der Waals surface area contributed by atoms with E-state index in [1.165, 1.54) is 11.1 Å². The maximum absolute atomic E-state index is 3.89. The molecule has 1 aromatic carbocycles.